The fraction of sp³-hybridized carbons (Fsp3) is 0.455. The van der Waals surface area contributed by atoms with Crippen molar-refractivity contribution < 1.29 is 17.8 Å². The predicted octanol–water partition coefficient (Wildman–Crippen LogP) is 0.562. The number of hydrogen-bond donors (Lipinski definition) is 3. The standard InChI is InChI=1S/C6H6O3S.C5H12N2O/c7-10(8,9)6-4-2-1-3-5-6;6-8-5-1-3-7-4-2-5/h1-5H,(H,7,8,9);5,7H,1-4,6H2. The number of hydrogen-bond acceptors (Lipinski definition) is 5. The molecule has 1 aromatic carbocycles. The lowest BCUT2D eigenvalue weighted by Gasteiger charge is -2.19. The smallest absolute Gasteiger partial charge is 0.294 e. The Bertz CT molecular complexity index is 430. The highest BCUT2D eigenvalue weighted by Gasteiger charge is 2.10. The molecule has 1 heterocycles. The minimum Gasteiger partial charge on any atom is -0.317 e. The van der Waals surface area contributed by atoms with Crippen LogP contribution >= 0.6 is 0 Å². The molecule has 1 aliphatic rings. The molecule has 0 unspecified atom stereocenters. The zero-order valence-corrected chi connectivity index (χ0v) is 10.8. The molecule has 0 amide bonds. The summed E-state index contributed by atoms with van der Waals surface area (Å²) < 4.78 is 29.2. The molecule has 7 heteroatoms. The third kappa shape index (κ3) is 5.56. The van der Waals surface area contributed by atoms with E-state index in [1.54, 1.807) is 18.2 Å². The Morgan fingerprint density at radius 3 is 2.11 bits per heavy atom. The van der Waals surface area contributed by atoms with E-state index < -0.39 is 10.1 Å². The minimum atomic E-state index is -4.00. The monoisotopic (exact) mass is 274 g/mol. The van der Waals surface area contributed by atoms with Crippen LogP contribution in [-0.4, -0.2) is 32.2 Å². The molecule has 102 valence electrons. The van der Waals surface area contributed by atoms with E-state index >= 15 is 0 Å². The molecule has 4 N–H and O–H groups in total. The molecule has 1 aromatic rings. The van der Waals surface area contributed by atoms with E-state index in [1.165, 1.54) is 12.1 Å². The van der Waals surface area contributed by atoms with Gasteiger partial charge < -0.3 is 10.2 Å². The molecule has 0 spiro atoms. The SMILES string of the molecule is NOC1CCNCC1.O=S(=O)(O)c1ccccc1. The molecule has 0 saturated carbocycles. The van der Waals surface area contributed by atoms with Gasteiger partial charge in [0.1, 0.15) is 0 Å². The molecule has 2 rings (SSSR count). The van der Waals surface area contributed by atoms with Crippen LogP contribution in [-0.2, 0) is 15.0 Å². The van der Waals surface area contributed by atoms with Crippen molar-refractivity contribution in [1.82, 2.24) is 5.32 Å². The van der Waals surface area contributed by atoms with Gasteiger partial charge in [-0.1, -0.05) is 18.2 Å². The van der Waals surface area contributed by atoms with Crippen molar-refractivity contribution in [1.29, 1.82) is 0 Å². The second-order valence-corrected chi connectivity index (χ2v) is 5.30. The van der Waals surface area contributed by atoms with Crippen molar-refractivity contribution in [3.8, 4) is 0 Å². The fourth-order valence-corrected chi connectivity index (χ4v) is 2.03. The van der Waals surface area contributed by atoms with E-state index in [0.717, 1.165) is 25.9 Å². The van der Waals surface area contributed by atoms with Crippen LogP contribution < -0.4 is 11.2 Å². The zero-order valence-electron chi connectivity index (χ0n) is 9.95. The summed E-state index contributed by atoms with van der Waals surface area (Å²) in [5, 5.41) is 3.21. The van der Waals surface area contributed by atoms with Gasteiger partial charge in [-0.3, -0.25) is 4.55 Å². The summed E-state index contributed by atoms with van der Waals surface area (Å²) in [6.07, 6.45) is 2.41. The molecule has 18 heavy (non-hydrogen) atoms. The summed E-state index contributed by atoms with van der Waals surface area (Å²) in [5.74, 6) is 4.98. The highest BCUT2D eigenvalue weighted by Crippen LogP contribution is 2.05. The molecule has 0 radical (unpaired) electrons. The van der Waals surface area contributed by atoms with Gasteiger partial charge in [-0.25, -0.2) is 5.90 Å². The fourth-order valence-electron chi connectivity index (χ4n) is 1.52. The Morgan fingerprint density at radius 2 is 1.78 bits per heavy atom. The molecular formula is C11H18N2O4S. The van der Waals surface area contributed by atoms with Crippen molar-refractivity contribution in [2.45, 2.75) is 23.8 Å². The number of piperidine rings is 1. The third-order valence-corrected chi connectivity index (χ3v) is 3.39. The van der Waals surface area contributed by atoms with Crippen LogP contribution in [0.25, 0.3) is 0 Å². The topological polar surface area (TPSA) is 102 Å². The van der Waals surface area contributed by atoms with Crippen LogP contribution in [0.5, 0.6) is 0 Å². The first kappa shape index (κ1) is 15.1. The van der Waals surface area contributed by atoms with Crippen molar-refractivity contribution in [3.63, 3.8) is 0 Å². The van der Waals surface area contributed by atoms with E-state index in [0.29, 0.717) is 6.10 Å². The van der Waals surface area contributed by atoms with Crippen molar-refractivity contribution in [2.24, 2.45) is 5.90 Å². The molecule has 1 aliphatic heterocycles. The van der Waals surface area contributed by atoms with Crippen LogP contribution in [0.1, 0.15) is 12.8 Å². The van der Waals surface area contributed by atoms with Gasteiger partial charge >= 0.3 is 0 Å². The third-order valence-electron chi connectivity index (χ3n) is 2.52. The number of nitrogens with one attached hydrogen (secondary N) is 1. The molecule has 0 aliphatic carbocycles. The van der Waals surface area contributed by atoms with Crippen LogP contribution in [0.4, 0.5) is 0 Å². The molecular weight excluding hydrogens is 256 g/mol. The lowest BCUT2D eigenvalue weighted by Crippen LogP contribution is -2.33. The van der Waals surface area contributed by atoms with Crippen molar-refractivity contribution >= 4 is 10.1 Å². The molecule has 0 bridgehead atoms. The van der Waals surface area contributed by atoms with E-state index in [9.17, 15) is 8.42 Å². The van der Waals surface area contributed by atoms with E-state index in [-0.39, 0.29) is 4.90 Å². The quantitative estimate of drug-likeness (QED) is 0.538. The van der Waals surface area contributed by atoms with Crippen LogP contribution in [0, 0.1) is 0 Å². The van der Waals surface area contributed by atoms with Gasteiger partial charge in [0.15, 0.2) is 0 Å². The van der Waals surface area contributed by atoms with Gasteiger partial charge in [-0.15, -0.1) is 0 Å². The van der Waals surface area contributed by atoms with Crippen LogP contribution in [0.3, 0.4) is 0 Å². The summed E-state index contributed by atoms with van der Waals surface area (Å²) in [6.45, 7) is 2.09. The Labute approximate surface area is 107 Å². The Balaban J connectivity index is 0.000000184. The Hall–Kier alpha value is -0.990. The average molecular weight is 274 g/mol. The van der Waals surface area contributed by atoms with E-state index in [2.05, 4.69) is 10.2 Å². The second kappa shape index (κ2) is 7.45. The van der Waals surface area contributed by atoms with Gasteiger partial charge in [-0.05, 0) is 38.1 Å². The number of rotatable bonds is 2. The van der Waals surface area contributed by atoms with E-state index in [4.69, 9.17) is 10.4 Å². The number of benzene rings is 1. The lowest BCUT2D eigenvalue weighted by molar-refractivity contribution is 0.0325. The Kier molecular flexibility index (Phi) is 6.23. The summed E-state index contributed by atoms with van der Waals surface area (Å²) in [7, 11) is -4.00. The lowest BCUT2D eigenvalue weighted by atomic mass is 10.1. The Morgan fingerprint density at radius 1 is 1.22 bits per heavy atom. The maximum absolute atomic E-state index is 10.4. The summed E-state index contributed by atoms with van der Waals surface area (Å²) in [5.41, 5.74) is 0. The number of nitrogens with two attached hydrogens (primary N) is 1. The van der Waals surface area contributed by atoms with E-state index in [1.807, 2.05) is 0 Å². The highest BCUT2D eigenvalue weighted by molar-refractivity contribution is 7.85. The molecule has 6 nitrogen and oxygen atoms in total. The maximum Gasteiger partial charge on any atom is 0.294 e. The van der Waals surface area contributed by atoms with Gasteiger partial charge in [0.2, 0.25) is 0 Å². The molecule has 0 atom stereocenters. The summed E-state index contributed by atoms with van der Waals surface area (Å²) in [4.78, 5) is 4.58. The van der Waals surface area contributed by atoms with Crippen molar-refractivity contribution in [3.05, 3.63) is 30.3 Å². The van der Waals surface area contributed by atoms with Crippen LogP contribution in [0.15, 0.2) is 35.2 Å². The average Bonchev–Trinajstić information content (AvgIpc) is 2.40. The normalized spacial score (nSPS) is 16.8. The largest absolute Gasteiger partial charge is 0.317 e. The first-order valence-corrected chi connectivity index (χ1v) is 7.07. The highest BCUT2D eigenvalue weighted by atomic mass is 32.2. The van der Waals surface area contributed by atoms with Gasteiger partial charge in [-0.2, -0.15) is 8.42 Å². The minimum absolute atomic E-state index is 0.0741. The van der Waals surface area contributed by atoms with Gasteiger partial charge in [0.25, 0.3) is 10.1 Å². The van der Waals surface area contributed by atoms with Gasteiger partial charge in [0.05, 0.1) is 11.0 Å². The summed E-state index contributed by atoms with van der Waals surface area (Å²) in [6, 6.07) is 7.42. The molecule has 0 aromatic heterocycles. The molecule has 1 fully saturated rings. The first-order valence-electron chi connectivity index (χ1n) is 5.63. The predicted molar refractivity (Wildman–Crippen MR) is 67.4 cm³/mol. The zero-order chi connectivity index (χ0) is 13.4. The van der Waals surface area contributed by atoms with Crippen molar-refractivity contribution in [2.75, 3.05) is 13.1 Å². The molecule has 1 saturated heterocycles. The van der Waals surface area contributed by atoms with Crippen LogP contribution in [0.2, 0.25) is 0 Å². The van der Waals surface area contributed by atoms with Gasteiger partial charge in [0, 0.05) is 0 Å². The maximum atomic E-state index is 10.4. The first-order chi connectivity index (χ1) is 8.54. The summed E-state index contributed by atoms with van der Waals surface area (Å²) >= 11 is 0. The second-order valence-electron chi connectivity index (χ2n) is 3.87.